The number of fused-ring (bicyclic) bond motifs is 2. The largest absolute Gasteiger partial charge is 0.383 e. The Morgan fingerprint density at radius 1 is 1.24 bits per heavy atom. The van der Waals surface area contributed by atoms with Crippen LogP contribution in [0.2, 0.25) is 0 Å². The summed E-state index contributed by atoms with van der Waals surface area (Å²) < 4.78 is 1.88. The molecule has 0 saturated heterocycles. The molecule has 5 rings (SSSR count). The first-order valence-electron chi connectivity index (χ1n) is 9.75. The molecule has 0 unspecified atom stereocenters. The third kappa shape index (κ3) is 3.00. The first-order valence-corrected chi connectivity index (χ1v) is 9.75. The minimum absolute atomic E-state index is 0.0645. The summed E-state index contributed by atoms with van der Waals surface area (Å²) in [5.41, 5.74) is 9.70. The lowest BCUT2D eigenvalue weighted by Crippen LogP contribution is -2.25. The lowest BCUT2D eigenvalue weighted by atomic mass is 10.1. The fraction of sp³-hybridized carbons (Fsp3) is 0.333. The van der Waals surface area contributed by atoms with Gasteiger partial charge in [-0.05, 0) is 45.7 Å². The smallest absolute Gasteiger partial charge is 0.267 e. The van der Waals surface area contributed by atoms with Gasteiger partial charge in [-0.25, -0.2) is 14.6 Å². The Balaban J connectivity index is 1.63. The van der Waals surface area contributed by atoms with Crippen molar-refractivity contribution in [2.45, 2.75) is 45.2 Å². The summed E-state index contributed by atoms with van der Waals surface area (Å²) in [6.45, 7) is 6.21. The Bertz CT molecular complexity index is 1260. The highest BCUT2D eigenvalue weighted by atomic mass is 16.2. The first kappa shape index (κ1) is 17.7. The number of aromatic amines is 1. The van der Waals surface area contributed by atoms with Gasteiger partial charge in [-0.15, -0.1) is 0 Å². The number of nitrogens with two attached hydrogens (primary N) is 1. The van der Waals surface area contributed by atoms with Gasteiger partial charge < -0.3 is 16.0 Å². The number of nitrogens with zero attached hydrogens (tertiary/aromatic N) is 4. The van der Waals surface area contributed by atoms with Crippen LogP contribution in [0.1, 0.15) is 44.1 Å². The number of benzene rings is 1. The molecule has 1 amide bonds. The van der Waals surface area contributed by atoms with Gasteiger partial charge in [0.1, 0.15) is 23.5 Å². The molecular weight excluding hydrogens is 366 g/mol. The van der Waals surface area contributed by atoms with E-state index in [-0.39, 0.29) is 11.4 Å². The molecule has 3 aromatic heterocycles. The van der Waals surface area contributed by atoms with Crippen molar-refractivity contribution in [2.24, 2.45) is 0 Å². The zero-order valence-electron chi connectivity index (χ0n) is 16.7. The van der Waals surface area contributed by atoms with Crippen molar-refractivity contribution in [3.8, 4) is 11.3 Å². The number of hydrogen-bond donors (Lipinski definition) is 3. The molecule has 4 N–H and O–H groups in total. The highest BCUT2D eigenvalue weighted by molar-refractivity contribution is 6.02. The van der Waals surface area contributed by atoms with Gasteiger partial charge in [0.25, 0.3) is 5.91 Å². The van der Waals surface area contributed by atoms with E-state index in [2.05, 4.69) is 41.0 Å². The van der Waals surface area contributed by atoms with Crippen LogP contribution in [0.5, 0.6) is 0 Å². The van der Waals surface area contributed by atoms with E-state index in [4.69, 9.17) is 10.8 Å². The Kier molecular flexibility index (Phi) is 3.68. The highest BCUT2D eigenvalue weighted by Gasteiger charge is 2.25. The fourth-order valence-electron chi connectivity index (χ4n) is 3.53. The maximum absolute atomic E-state index is 12.4. The van der Waals surface area contributed by atoms with Crippen molar-refractivity contribution in [3.63, 3.8) is 0 Å². The van der Waals surface area contributed by atoms with Gasteiger partial charge in [0, 0.05) is 22.5 Å². The Hall–Kier alpha value is -3.42. The average Bonchev–Trinajstić information content (AvgIpc) is 3.22. The minimum Gasteiger partial charge on any atom is -0.383 e. The van der Waals surface area contributed by atoms with E-state index in [0.29, 0.717) is 23.2 Å². The zero-order chi connectivity index (χ0) is 20.3. The lowest BCUT2D eigenvalue weighted by Gasteiger charge is -2.19. The second-order valence-electron chi connectivity index (χ2n) is 8.62. The minimum atomic E-state index is -0.262. The second-order valence-corrected chi connectivity index (χ2v) is 8.62. The quantitative estimate of drug-likeness (QED) is 0.498. The van der Waals surface area contributed by atoms with Crippen molar-refractivity contribution in [3.05, 3.63) is 36.3 Å². The molecule has 3 heterocycles. The molecule has 148 valence electrons. The summed E-state index contributed by atoms with van der Waals surface area (Å²) >= 11 is 0. The fourth-order valence-corrected chi connectivity index (χ4v) is 3.53. The number of amides is 1. The monoisotopic (exact) mass is 389 g/mol. The molecule has 8 nitrogen and oxygen atoms in total. The number of nitrogens with one attached hydrogen (secondary N) is 2. The van der Waals surface area contributed by atoms with Crippen LogP contribution in [-0.2, 0) is 5.54 Å². The summed E-state index contributed by atoms with van der Waals surface area (Å²) in [6, 6.07) is 8.15. The van der Waals surface area contributed by atoms with Gasteiger partial charge in [0.05, 0.1) is 10.9 Å². The van der Waals surface area contributed by atoms with Crippen molar-refractivity contribution in [2.75, 3.05) is 5.73 Å². The molecule has 1 aliphatic carbocycles. The van der Waals surface area contributed by atoms with E-state index >= 15 is 0 Å². The number of aromatic nitrogens is 5. The van der Waals surface area contributed by atoms with Crippen molar-refractivity contribution in [1.82, 2.24) is 30.0 Å². The number of anilines is 1. The maximum atomic E-state index is 12.4. The molecule has 0 radical (unpaired) electrons. The summed E-state index contributed by atoms with van der Waals surface area (Å²) in [5, 5.41) is 9.55. The molecule has 8 heteroatoms. The number of H-pyrrole nitrogens is 1. The highest BCUT2D eigenvalue weighted by Crippen LogP contribution is 2.34. The van der Waals surface area contributed by atoms with Crippen molar-refractivity contribution in [1.29, 1.82) is 0 Å². The van der Waals surface area contributed by atoms with Gasteiger partial charge >= 0.3 is 0 Å². The molecule has 29 heavy (non-hydrogen) atoms. The molecule has 0 atom stereocenters. The van der Waals surface area contributed by atoms with Crippen LogP contribution in [0, 0.1) is 0 Å². The number of carbonyl (C=O) groups excluding carboxylic acids is 1. The standard InChI is InChI=1S/C21H23N7O/c1-21(2,3)28-19-16(18(22)23-10-24-19)17(27-28)12-5-4-11-8-15(26-14(11)9-12)20(29)25-13-6-7-13/h4-5,8-10,13,26H,6-7H2,1-3H3,(H,25,29)(H2,22,23,24). The SMILES string of the molecule is CC(C)(C)n1nc(-c2ccc3cc(C(=O)NC4CC4)[nH]c3c2)c2c(N)ncnc21. The summed E-state index contributed by atoms with van der Waals surface area (Å²) in [4.78, 5) is 24.2. The third-order valence-corrected chi connectivity index (χ3v) is 5.18. The molecule has 1 aromatic carbocycles. The molecule has 0 spiro atoms. The maximum Gasteiger partial charge on any atom is 0.267 e. The molecule has 4 aromatic rings. The summed E-state index contributed by atoms with van der Waals surface area (Å²) in [5.74, 6) is 0.335. The van der Waals surface area contributed by atoms with Gasteiger partial charge in [-0.2, -0.15) is 5.10 Å². The van der Waals surface area contributed by atoms with Crippen LogP contribution < -0.4 is 11.1 Å². The normalized spacial score (nSPS) is 14.6. The molecule has 1 fully saturated rings. The molecule has 1 aliphatic rings. The second kappa shape index (κ2) is 6.04. The van der Waals surface area contributed by atoms with Crippen LogP contribution >= 0.6 is 0 Å². The third-order valence-electron chi connectivity index (χ3n) is 5.18. The van der Waals surface area contributed by atoms with Gasteiger partial charge in [-0.3, -0.25) is 4.79 Å². The van der Waals surface area contributed by atoms with E-state index in [1.807, 2.05) is 28.9 Å². The number of hydrogen-bond acceptors (Lipinski definition) is 5. The van der Waals surface area contributed by atoms with Crippen LogP contribution in [0.4, 0.5) is 5.82 Å². The van der Waals surface area contributed by atoms with Gasteiger partial charge in [0.2, 0.25) is 0 Å². The zero-order valence-corrected chi connectivity index (χ0v) is 16.7. The van der Waals surface area contributed by atoms with Crippen molar-refractivity contribution < 1.29 is 4.79 Å². The Labute approximate surface area is 167 Å². The number of rotatable bonds is 3. The van der Waals surface area contributed by atoms with Crippen LogP contribution in [0.15, 0.2) is 30.6 Å². The molecule has 0 aliphatic heterocycles. The van der Waals surface area contributed by atoms with Crippen LogP contribution in [0.25, 0.3) is 33.2 Å². The van der Waals surface area contributed by atoms with E-state index in [1.165, 1.54) is 6.33 Å². The Morgan fingerprint density at radius 3 is 2.76 bits per heavy atom. The van der Waals surface area contributed by atoms with Crippen LogP contribution in [-0.4, -0.2) is 36.7 Å². The predicted octanol–water partition coefficient (Wildman–Crippen LogP) is 3.20. The van der Waals surface area contributed by atoms with Gasteiger partial charge in [0.15, 0.2) is 5.65 Å². The summed E-state index contributed by atoms with van der Waals surface area (Å²) in [6.07, 6.45) is 3.58. The van der Waals surface area contributed by atoms with E-state index < -0.39 is 0 Å². The summed E-state index contributed by atoms with van der Waals surface area (Å²) in [7, 11) is 0. The number of nitrogen functional groups attached to an aromatic ring is 1. The van der Waals surface area contributed by atoms with Gasteiger partial charge in [-0.1, -0.05) is 12.1 Å². The van der Waals surface area contributed by atoms with E-state index in [9.17, 15) is 4.79 Å². The molecule has 0 bridgehead atoms. The number of carbonyl (C=O) groups is 1. The lowest BCUT2D eigenvalue weighted by molar-refractivity contribution is 0.0947. The topological polar surface area (TPSA) is 115 Å². The van der Waals surface area contributed by atoms with E-state index in [1.54, 1.807) is 0 Å². The Morgan fingerprint density at radius 2 is 2.03 bits per heavy atom. The molecular formula is C21H23N7O. The van der Waals surface area contributed by atoms with E-state index in [0.717, 1.165) is 40.4 Å². The molecule has 1 saturated carbocycles. The van der Waals surface area contributed by atoms with Crippen LogP contribution in [0.3, 0.4) is 0 Å². The van der Waals surface area contributed by atoms with Crippen molar-refractivity contribution >= 4 is 33.7 Å². The first-order chi connectivity index (χ1) is 13.8. The average molecular weight is 389 g/mol. The predicted molar refractivity (Wildman–Crippen MR) is 113 cm³/mol.